The van der Waals surface area contributed by atoms with Crippen molar-refractivity contribution >= 4 is 18.3 Å². The van der Waals surface area contributed by atoms with Crippen LogP contribution in [0.15, 0.2) is 0 Å². The number of carbonyl (C=O) groups is 1. The molecule has 1 N–H and O–H groups in total. The maximum Gasteiger partial charge on any atom is 0.239 e. The lowest BCUT2D eigenvalue weighted by molar-refractivity contribution is -0.145. The molecule has 0 bridgehead atoms. The fraction of sp³-hybridized carbons (Fsp3) is 0.933. The molecule has 0 spiro atoms. The van der Waals surface area contributed by atoms with Crippen molar-refractivity contribution in [3.05, 3.63) is 0 Å². The molecule has 3 rings (SSSR count). The van der Waals surface area contributed by atoms with Crippen LogP contribution in [-0.4, -0.2) is 48.2 Å². The van der Waals surface area contributed by atoms with E-state index in [1.54, 1.807) is 0 Å². The van der Waals surface area contributed by atoms with Gasteiger partial charge < -0.3 is 15.0 Å². The second-order valence-electron chi connectivity index (χ2n) is 6.61. The Kier molecular flexibility index (Phi) is 5.32. The van der Waals surface area contributed by atoms with Gasteiger partial charge in [-0.25, -0.2) is 0 Å². The number of hydrogen-bond donors (Lipinski definition) is 1. The van der Waals surface area contributed by atoms with Crippen LogP contribution in [0.2, 0.25) is 0 Å². The standard InChI is InChI=1S/C15H26N2O2.ClH/c1-10-8-17(9-11(2)19-10)15(18)14-7-12-5-3-4-6-13(12)16-14;/h10-14,16H,3-9H2,1-2H3;1H. The van der Waals surface area contributed by atoms with Gasteiger partial charge in [-0.1, -0.05) is 12.8 Å². The molecular formula is C15H27ClN2O2. The predicted octanol–water partition coefficient (Wildman–Crippen LogP) is 1.96. The number of nitrogens with one attached hydrogen (secondary N) is 1. The van der Waals surface area contributed by atoms with Crippen LogP contribution in [-0.2, 0) is 9.53 Å². The van der Waals surface area contributed by atoms with Gasteiger partial charge >= 0.3 is 0 Å². The molecule has 1 aliphatic carbocycles. The van der Waals surface area contributed by atoms with Crippen LogP contribution < -0.4 is 5.32 Å². The molecule has 5 atom stereocenters. The average molecular weight is 303 g/mol. The summed E-state index contributed by atoms with van der Waals surface area (Å²) in [5.74, 6) is 1.04. The van der Waals surface area contributed by atoms with Crippen LogP contribution in [0.1, 0.15) is 46.0 Å². The van der Waals surface area contributed by atoms with Crippen LogP contribution in [0.3, 0.4) is 0 Å². The van der Waals surface area contributed by atoms with Crippen molar-refractivity contribution in [1.29, 1.82) is 0 Å². The summed E-state index contributed by atoms with van der Waals surface area (Å²) in [6, 6.07) is 0.657. The molecule has 3 fully saturated rings. The van der Waals surface area contributed by atoms with E-state index in [1.165, 1.54) is 25.7 Å². The smallest absolute Gasteiger partial charge is 0.239 e. The van der Waals surface area contributed by atoms with Crippen molar-refractivity contribution in [2.45, 2.75) is 70.2 Å². The minimum Gasteiger partial charge on any atom is -0.372 e. The Bertz CT molecular complexity index is 329. The zero-order chi connectivity index (χ0) is 13.4. The van der Waals surface area contributed by atoms with Gasteiger partial charge in [-0.15, -0.1) is 12.4 Å². The third-order valence-electron chi connectivity index (χ3n) is 4.89. The summed E-state index contributed by atoms with van der Waals surface area (Å²) in [5, 5.41) is 3.59. The highest BCUT2D eigenvalue weighted by atomic mass is 35.5. The van der Waals surface area contributed by atoms with E-state index in [2.05, 4.69) is 19.2 Å². The Hall–Kier alpha value is -0.320. The van der Waals surface area contributed by atoms with Gasteiger partial charge in [0.25, 0.3) is 0 Å². The van der Waals surface area contributed by atoms with Crippen LogP contribution in [0, 0.1) is 5.92 Å². The molecule has 5 heteroatoms. The van der Waals surface area contributed by atoms with Gasteiger partial charge in [0.05, 0.1) is 18.2 Å². The lowest BCUT2D eigenvalue weighted by Gasteiger charge is -2.36. The van der Waals surface area contributed by atoms with Gasteiger partial charge in [0.2, 0.25) is 5.91 Å². The van der Waals surface area contributed by atoms with E-state index in [9.17, 15) is 4.79 Å². The second-order valence-corrected chi connectivity index (χ2v) is 6.61. The number of morpholine rings is 1. The minimum atomic E-state index is 0. The van der Waals surface area contributed by atoms with Crippen molar-refractivity contribution in [3.63, 3.8) is 0 Å². The molecule has 5 unspecified atom stereocenters. The number of ether oxygens (including phenoxy) is 1. The van der Waals surface area contributed by atoms with Gasteiger partial charge in [0, 0.05) is 19.1 Å². The molecule has 3 aliphatic rings. The van der Waals surface area contributed by atoms with Crippen molar-refractivity contribution in [2.75, 3.05) is 13.1 Å². The van der Waals surface area contributed by atoms with Crippen LogP contribution in [0.4, 0.5) is 0 Å². The number of nitrogens with zero attached hydrogens (tertiary/aromatic N) is 1. The van der Waals surface area contributed by atoms with Gasteiger partial charge in [-0.2, -0.15) is 0 Å². The number of hydrogen-bond acceptors (Lipinski definition) is 3. The van der Waals surface area contributed by atoms with Gasteiger partial charge in [0.15, 0.2) is 0 Å². The third kappa shape index (κ3) is 3.29. The van der Waals surface area contributed by atoms with Gasteiger partial charge in [0.1, 0.15) is 0 Å². The van der Waals surface area contributed by atoms with E-state index in [4.69, 9.17) is 4.74 Å². The fourth-order valence-corrected chi connectivity index (χ4v) is 4.09. The summed E-state index contributed by atoms with van der Waals surface area (Å²) in [5.41, 5.74) is 0. The number of halogens is 1. The van der Waals surface area contributed by atoms with Crippen molar-refractivity contribution in [3.8, 4) is 0 Å². The van der Waals surface area contributed by atoms with Gasteiger partial charge in [-0.05, 0) is 39.0 Å². The number of carbonyl (C=O) groups excluding carboxylic acids is 1. The summed E-state index contributed by atoms with van der Waals surface area (Å²) < 4.78 is 5.71. The molecule has 2 heterocycles. The summed E-state index contributed by atoms with van der Waals surface area (Å²) >= 11 is 0. The van der Waals surface area contributed by atoms with E-state index in [0.29, 0.717) is 11.9 Å². The van der Waals surface area contributed by atoms with Gasteiger partial charge in [-0.3, -0.25) is 4.79 Å². The summed E-state index contributed by atoms with van der Waals surface area (Å²) in [7, 11) is 0. The first-order valence-corrected chi connectivity index (χ1v) is 7.84. The highest BCUT2D eigenvalue weighted by Crippen LogP contribution is 2.33. The maximum atomic E-state index is 12.6. The highest BCUT2D eigenvalue weighted by molar-refractivity contribution is 5.85. The average Bonchev–Trinajstić information content (AvgIpc) is 2.80. The normalized spacial score (nSPS) is 40.9. The lowest BCUT2D eigenvalue weighted by Crippen LogP contribution is -2.53. The molecule has 116 valence electrons. The Morgan fingerprint density at radius 1 is 1.15 bits per heavy atom. The van der Waals surface area contributed by atoms with E-state index < -0.39 is 0 Å². The Labute approximate surface area is 128 Å². The minimum absolute atomic E-state index is 0. The largest absolute Gasteiger partial charge is 0.372 e. The SMILES string of the molecule is CC1CN(C(=O)C2CC3CCCCC3N2)CC(C)O1.Cl. The fourth-order valence-electron chi connectivity index (χ4n) is 4.09. The topological polar surface area (TPSA) is 41.6 Å². The first kappa shape index (κ1) is 16.1. The van der Waals surface area contributed by atoms with Crippen molar-refractivity contribution in [1.82, 2.24) is 10.2 Å². The highest BCUT2D eigenvalue weighted by Gasteiger charge is 2.40. The molecular weight excluding hydrogens is 276 g/mol. The molecule has 1 saturated carbocycles. The first-order chi connectivity index (χ1) is 9.13. The molecule has 1 amide bonds. The third-order valence-corrected chi connectivity index (χ3v) is 4.89. The van der Waals surface area contributed by atoms with Crippen molar-refractivity contribution in [2.24, 2.45) is 5.92 Å². The molecule has 20 heavy (non-hydrogen) atoms. The summed E-state index contributed by atoms with van der Waals surface area (Å²) in [6.07, 6.45) is 6.59. The molecule has 2 saturated heterocycles. The predicted molar refractivity (Wildman–Crippen MR) is 81.1 cm³/mol. The molecule has 2 aliphatic heterocycles. The van der Waals surface area contributed by atoms with E-state index in [-0.39, 0.29) is 30.7 Å². The van der Waals surface area contributed by atoms with Crippen LogP contribution in [0.5, 0.6) is 0 Å². The summed E-state index contributed by atoms with van der Waals surface area (Å²) in [4.78, 5) is 14.7. The quantitative estimate of drug-likeness (QED) is 0.805. The number of amides is 1. The number of fused-ring (bicyclic) bond motifs is 1. The van der Waals surface area contributed by atoms with E-state index >= 15 is 0 Å². The summed E-state index contributed by atoms with van der Waals surface area (Å²) in [6.45, 7) is 5.60. The Morgan fingerprint density at radius 3 is 2.45 bits per heavy atom. The van der Waals surface area contributed by atoms with E-state index in [0.717, 1.165) is 25.4 Å². The molecule has 4 nitrogen and oxygen atoms in total. The first-order valence-electron chi connectivity index (χ1n) is 7.84. The van der Waals surface area contributed by atoms with E-state index in [1.807, 2.05) is 4.90 Å². The molecule has 0 radical (unpaired) electrons. The second kappa shape index (κ2) is 6.63. The molecule has 0 aromatic rings. The maximum absolute atomic E-state index is 12.6. The monoisotopic (exact) mass is 302 g/mol. The molecule has 0 aromatic carbocycles. The Morgan fingerprint density at radius 2 is 1.80 bits per heavy atom. The zero-order valence-electron chi connectivity index (χ0n) is 12.5. The lowest BCUT2D eigenvalue weighted by atomic mass is 9.85. The zero-order valence-corrected chi connectivity index (χ0v) is 13.3. The molecule has 0 aromatic heterocycles. The van der Waals surface area contributed by atoms with Crippen LogP contribution in [0.25, 0.3) is 0 Å². The van der Waals surface area contributed by atoms with Crippen LogP contribution >= 0.6 is 12.4 Å². The Balaban J connectivity index is 0.00000147. The number of rotatable bonds is 1. The van der Waals surface area contributed by atoms with Crippen molar-refractivity contribution < 1.29 is 9.53 Å².